The van der Waals surface area contributed by atoms with Crippen molar-refractivity contribution in [2.24, 2.45) is 7.05 Å². The van der Waals surface area contributed by atoms with Gasteiger partial charge in [0.2, 0.25) is 0 Å². The Morgan fingerprint density at radius 1 is 1.41 bits per heavy atom. The molecule has 8 heteroatoms. The van der Waals surface area contributed by atoms with Crippen LogP contribution in [0, 0.1) is 0 Å². The third-order valence-electron chi connectivity index (χ3n) is 4.18. The Balaban J connectivity index is 1.81. The Morgan fingerprint density at radius 3 is 2.91 bits per heavy atom. The second-order valence-corrected chi connectivity index (χ2v) is 6.30. The van der Waals surface area contributed by atoms with Gasteiger partial charge >= 0.3 is 0 Å². The lowest BCUT2D eigenvalue weighted by molar-refractivity contribution is 0.0532. The molecule has 1 atom stereocenters. The first-order valence-corrected chi connectivity index (χ1v) is 8.17. The molecule has 1 aliphatic rings. The summed E-state index contributed by atoms with van der Waals surface area (Å²) in [7, 11) is 4.06. The van der Waals surface area contributed by atoms with Gasteiger partial charge in [0, 0.05) is 39.1 Å². The Labute approximate surface area is 133 Å². The molecule has 3 rings (SSSR count). The van der Waals surface area contributed by atoms with Crippen LogP contribution in [0.25, 0.3) is 0 Å². The molecule has 1 saturated heterocycles. The second-order valence-electron chi connectivity index (χ2n) is 5.55. The summed E-state index contributed by atoms with van der Waals surface area (Å²) < 4.78 is 5.94. The zero-order chi connectivity index (χ0) is 15.7. The lowest BCUT2D eigenvalue weighted by atomic mass is 10.1. The summed E-state index contributed by atoms with van der Waals surface area (Å²) in [4.78, 5) is 22.0. The topological polar surface area (TPSA) is 67.2 Å². The van der Waals surface area contributed by atoms with Crippen LogP contribution in [0.3, 0.4) is 0 Å². The van der Waals surface area contributed by atoms with Crippen LogP contribution < -0.4 is 0 Å². The summed E-state index contributed by atoms with van der Waals surface area (Å²) in [5.74, 6) is 1.03. The zero-order valence-corrected chi connectivity index (χ0v) is 13.9. The van der Waals surface area contributed by atoms with E-state index in [4.69, 9.17) is 0 Å². The van der Waals surface area contributed by atoms with E-state index in [1.165, 1.54) is 11.5 Å². The van der Waals surface area contributed by atoms with E-state index in [1.54, 1.807) is 6.20 Å². The maximum atomic E-state index is 12.8. The molecule has 2 aromatic heterocycles. The van der Waals surface area contributed by atoms with Gasteiger partial charge in [-0.3, -0.25) is 9.69 Å². The molecule has 0 N–H and O–H groups in total. The van der Waals surface area contributed by atoms with Crippen molar-refractivity contribution in [1.29, 1.82) is 0 Å². The largest absolute Gasteiger partial charge is 0.337 e. The van der Waals surface area contributed by atoms with Crippen LogP contribution in [0.1, 0.15) is 34.2 Å². The Bertz CT molecular complexity index is 666. The number of amides is 1. The molecule has 0 aliphatic carbocycles. The van der Waals surface area contributed by atoms with Crippen molar-refractivity contribution in [2.45, 2.75) is 19.4 Å². The molecule has 7 nitrogen and oxygen atoms in total. The van der Waals surface area contributed by atoms with Gasteiger partial charge in [0.25, 0.3) is 5.91 Å². The molecule has 0 spiro atoms. The third kappa shape index (κ3) is 2.64. The summed E-state index contributed by atoms with van der Waals surface area (Å²) >= 11 is 1.19. The summed E-state index contributed by atoms with van der Waals surface area (Å²) in [6.07, 6.45) is 4.46. The van der Waals surface area contributed by atoms with Crippen LogP contribution in [-0.2, 0) is 13.5 Å². The number of nitrogens with zero attached hydrogens (tertiary/aromatic N) is 6. The van der Waals surface area contributed by atoms with E-state index in [2.05, 4.69) is 26.5 Å². The van der Waals surface area contributed by atoms with Crippen LogP contribution >= 0.6 is 11.5 Å². The van der Waals surface area contributed by atoms with Gasteiger partial charge in [0.1, 0.15) is 10.7 Å². The predicted octanol–water partition coefficient (Wildman–Crippen LogP) is 0.963. The average molecular weight is 320 g/mol. The van der Waals surface area contributed by atoms with E-state index in [0.717, 1.165) is 31.0 Å². The molecule has 0 aromatic carbocycles. The molecule has 118 valence electrons. The minimum absolute atomic E-state index is 0.0409. The first kappa shape index (κ1) is 15.1. The molecule has 22 heavy (non-hydrogen) atoms. The summed E-state index contributed by atoms with van der Waals surface area (Å²) in [6.45, 7) is 4.18. The van der Waals surface area contributed by atoms with Crippen molar-refractivity contribution in [1.82, 2.24) is 28.9 Å². The van der Waals surface area contributed by atoms with Crippen LogP contribution in [0.5, 0.6) is 0 Å². The van der Waals surface area contributed by atoms with Crippen molar-refractivity contribution < 1.29 is 4.79 Å². The Hall–Kier alpha value is -1.80. The lowest BCUT2D eigenvalue weighted by Gasteiger charge is -2.38. The Kier molecular flexibility index (Phi) is 4.21. The quantitative estimate of drug-likeness (QED) is 0.843. The van der Waals surface area contributed by atoms with Gasteiger partial charge in [-0.15, -0.1) is 5.10 Å². The van der Waals surface area contributed by atoms with Gasteiger partial charge < -0.3 is 9.47 Å². The van der Waals surface area contributed by atoms with E-state index in [0.29, 0.717) is 11.4 Å². The number of aryl methyl sites for hydroxylation is 2. The molecule has 0 unspecified atom stereocenters. The molecular formula is C14H20N6OS. The van der Waals surface area contributed by atoms with Gasteiger partial charge in [-0.2, -0.15) is 0 Å². The van der Waals surface area contributed by atoms with Crippen molar-refractivity contribution in [3.63, 3.8) is 0 Å². The first-order valence-electron chi connectivity index (χ1n) is 7.39. The standard InChI is InChI=1S/C14H20N6OS/c1-4-10-12(22-17-16-10)14(21)20-8-7-18(2)11(9-20)13-15-5-6-19(13)3/h5-6,11H,4,7-9H2,1-3H3/t11-/m0/s1. The van der Waals surface area contributed by atoms with Crippen molar-refractivity contribution in [2.75, 3.05) is 26.7 Å². The first-order chi connectivity index (χ1) is 10.6. The molecule has 0 saturated carbocycles. The van der Waals surface area contributed by atoms with Crippen LogP contribution in [0.4, 0.5) is 0 Å². The van der Waals surface area contributed by atoms with Gasteiger partial charge in [-0.05, 0) is 25.0 Å². The zero-order valence-electron chi connectivity index (χ0n) is 13.1. The maximum Gasteiger partial charge on any atom is 0.267 e. The number of aromatic nitrogens is 4. The molecule has 0 radical (unpaired) electrons. The van der Waals surface area contributed by atoms with Gasteiger partial charge in [0.15, 0.2) is 0 Å². The highest BCUT2D eigenvalue weighted by Gasteiger charge is 2.32. The van der Waals surface area contributed by atoms with Gasteiger partial charge in [-0.25, -0.2) is 4.98 Å². The summed E-state index contributed by atoms with van der Waals surface area (Å²) in [5, 5.41) is 4.04. The number of carbonyl (C=O) groups is 1. The van der Waals surface area contributed by atoms with Crippen molar-refractivity contribution in [3.8, 4) is 0 Å². The third-order valence-corrected chi connectivity index (χ3v) is 4.93. The minimum atomic E-state index is 0.0409. The highest BCUT2D eigenvalue weighted by molar-refractivity contribution is 7.08. The van der Waals surface area contributed by atoms with E-state index in [1.807, 2.05) is 29.6 Å². The molecule has 1 amide bonds. The number of hydrogen-bond acceptors (Lipinski definition) is 6. The van der Waals surface area contributed by atoms with E-state index < -0.39 is 0 Å². The fourth-order valence-electron chi connectivity index (χ4n) is 2.78. The van der Waals surface area contributed by atoms with Crippen LogP contribution in [-0.4, -0.2) is 61.5 Å². The highest BCUT2D eigenvalue weighted by Crippen LogP contribution is 2.24. The molecule has 0 bridgehead atoms. The van der Waals surface area contributed by atoms with E-state index in [-0.39, 0.29) is 11.9 Å². The number of piperazine rings is 1. The average Bonchev–Trinajstić information content (AvgIpc) is 3.15. The summed E-state index contributed by atoms with van der Waals surface area (Å²) in [5.41, 5.74) is 0.794. The predicted molar refractivity (Wildman–Crippen MR) is 83.8 cm³/mol. The summed E-state index contributed by atoms with van der Waals surface area (Å²) in [6, 6.07) is 0.114. The fraction of sp³-hybridized carbons (Fsp3) is 0.571. The fourth-order valence-corrected chi connectivity index (χ4v) is 3.50. The Morgan fingerprint density at radius 2 is 2.23 bits per heavy atom. The van der Waals surface area contributed by atoms with Crippen molar-refractivity contribution in [3.05, 3.63) is 28.8 Å². The number of likely N-dealkylation sites (N-methyl/N-ethyl adjacent to an activating group) is 1. The molecule has 1 fully saturated rings. The van der Waals surface area contributed by atoms with Crippen molar-refractivity contribution >= 4 is 17.4 Å². The second kappa shape index (κ2) is 6.13. The smallest absolute Gasteiger partial charge is 0.267 e. The SMILES string of the molecule is CCc1nnsc1C(=O)N1CCN(C)[C@H](c2nccn2C)C1. The number of hydrogen-bond donors (Lipinski definition) is 0. The van der Waals surface area contributed by atoms with E-state index >= 15 is 0 Å². The van der Waals surface area contributed by atoms with Crippen LogP contribution in [0.2, 0.25) is 0 Å². The normalized spacial score (nSPS) is 19.6. The highest BCUT2D eigenvalue weighted by atomic mass is 32.1. The number of imidazole rings is 1. The molecule has 1 aliphatic heterocycles. The minimum Gasteiger partial charge on any atom is -0.337 e. The number of carbonyl (C=O) groups excluding carboxylic acids is 1. The van der Waals surface area contributed by atoms with Gasteiger partial charge in [-0.1, -0.05) is 11.4 Å². The van der Waals surface area contributed by atoms with Gasteiger partial charge in [0.05, 0.1) is 11.7 Å². The monoisotopic (exact) mass is 320 g/mol. The molecular weight excluding hydrogens is 300 g/mol. The molecule has 2 aromatic rings. The van der Waals surface area contributed by atoms with E-state index in [9.17, 15) is 4.79 Å². The maximum absolute atomic E-state index is 12.8. The lowest BCUT2D eigenvalue weighted by Crippen LogP contribution is -2.49. The molecule has 3 heterocycles. The number of rotatable bonds is 3. The van der Waals surface area contributed by atoms with Crippen LogP contribution in [0.15, 0.2) is 12.4 Å².